The molecule has 0 aliphatic carbocycles. The first-order valence-corrected chi connectivity index (χ1v) is 9.46. The maximum absolute atomic E-state index is 12.5. The molecular formula is C22H21N5O2. The SMILES string of the molecule is O=C(CCn1cnc2ccccc2c1=O)NCc1ccccc1Cn1cccn1. The summed E-state index contributed by atoms with van der Waals surface area (Å²) in [7, 11) is 0. The van der Waals surface area contributed by atoms with Crippen LogP contribution in [0.3, 0.4) is 0 Å². The van der Waals surface area contributed by atoms with E-state index in [1.165, 1.54) is 10.9 Å². The lowest BCUT2D eigenvalue weighted by atomic mass is 10.1. The van der Waals surface area contributed by atoms with Crippen LogP contribution in [0, 0.1) is 0 Å². The van der Waals surface area contributed by atoms with Gasteiger partial charge in [0.25, 0.3) is 5.56 Å². The number of aromatic nitrogens is 4. The zero-order valence-electron chi connectivity index (χ0n) is 15.9. The summed E-state index contributed by atoms with van der Waals surface area (Å²) in [5, 5.41) is 7.73. The fourth-order valence-corrected chi connectivity index (χ4v) is 3.22. The van der Waals surface area contributed by atoms with Crippen LogP contribution in [0.1, 0.15) is 17.5 Å². The van der Waals surface area contributed by atoms with E-state index in [1.807, 2.05) is 53.3 Å². The number of para-hydroxylation sites is 1. The molecule has 0 spiro atoms. The van der Waals surface area contributed by atoms with Crippen LogP contribution < -0.4 is 10.9 Å². The molecule has 29 heavy (non-hydrogen) atoms. The molecule has 1 N–H and O–H groups in total. The van der Waals surface area contributed by atoms with Gasteiger partial charge in [0.1, 0.15) is 0 Å². The molecule has 0 fully saturated rings. The van der Waals surface area contributed by atoms with Crippen LogP contribution in [0.25, 0.3) is 10.9 Å². The Morgan fingerprint density at radius 1 is 1.00 bits per heavy atom. The number of hydrogen-bond acceptors (Lipinski definition) is 4. The van der Waals surface area contributed by atoms with Crippen LogP contribution in [-0.2, 0) is 24.4 Å². The summed E-state index contributed by atoms with van der Waals surface area (Å²) < 4.78 is 3.33. The van der Waals surface area contributed by atoms with Gasteiger partial charge < -0.3 is 5.32 Å². The summed E-state index contributed by atoms with van der Waals surface area (Å²) in [5.41, 5.74) is 2.67. The molecule has 2 aromatic heterocycles. The van der Waals surface area contributed by atoms with Gasteiger partial charge in [0.05, 0.1) is 23.8 Å². The van der Waals surface area contributed by atoms with Gasteiger partial charge in [-0.1, -0.05) is 36.4 Å². The third kappa shape index (κ3) is 4.40. The lowest BCUT2D eigenvalue weighted by Gasteiger charge is -2.11. The number of aryl methyl sites for hydroxylation is 1. The highest BCUT2D eigenvalue weighted by Crippen LogP contribution is 2.10. The summed E-state index contributed by atoms with van der Waals surface area (Å²) in [6, 6.07) is 17.0. The van der Waals surface area contributed by atoms with Crippen LogP contribution >= 0.6 is 0 Å². The minimum atomic E-state index is -0.132. The van der Waals surface area contributed by atoms with E-state index in [2.05, 4.69) is 15.4 Å². The van der Waals surface area contributed by atoms with Crippen molar-refractivity contribution in [2.45, 2.75) is 26.1 Å². The van der Waals surface area contributed by atoms with E-state index < -0.39 is 0 Å². The minimum absolute atomic E-state index is 0.112. The van der Waals surface area contributed by atoms with Crippen molar-refractivity contribution in [2.75, 3.05) is 0 Å². The largest absolute Gasteiger partial charge is 0.352 e. The van der Waals surface area contributed by atoms with Crippen molar-refractivity contribution in [2.24, 2.45) is 0 Å². The lowest BCUT2D eigenvalue weighted by molar-refractivity contribution is -0.121. The van der Waals surface area contributed by atoms with E-state index in [9.17, 15) is 9.59 Å². The number of amides is 1. The summed E-state index contributed by atoms with van der Waals surface area (Å²) in [5.74, 6) is -0.112. The standard InChI is InChI=1S/C22H21N5O2/c28-21(10-13-26-16-24-20-9-4-3-8-19(20)22(26)29)23-14-17-6-1-2-7-18(17)15-27-12-5-11-25-27/h1-9,11-12,16H,10,13-15H2,(H,23,28). The molecule has 4 rings (SSSR count). The molecule has 0 aliphatic heterocycles. The van der Waals surface area contributed by atoms with Gasteiger partial charge in [-0.3, -0.25) is 18.8 Å². The summed E-state index contributed by atoms with van der Waals surface area (Å²) in [6.45, 7) is 1.37. The Hall–Kier alpha value is -3.74. The van der Waals surface area contributed by atoms with Gasteiger partial charge in [-0.15, -0.1) is 0 Å². The summed E-state index contributed by atoms with van der Waals surface area (Å²) in [6.07, 6.45) is 5.36. The van der Waals surface area contributed by atoms with Gasteiger partial charge in [0.2, 0.25) is 5.91 Å². The fourth-order valence-electron chi connectivity index (χ4n) is 3.22. The normalized spacial score (nSPS) is 10.9. The van der Waals surface area contributed by atoms with Crippen LogP contribution in [0.5, 0.6) is 0 Å². The summed E-state index contributed by atoms with van der Waals surface area (Å²) in [4.78, 5) is 29.1. The molecular weight excluding hydrogens is 366 g/mol. The highest BCUT2D eigenvalue weighted by Gasteiger charge is 2.08. The number of carbonyl (C=O) groups excluding carboxylic acids is 1. The van der Waals surface area contributed by atoms with Crippen molar-refractivity contribution in [1.82, 2.24) is 24.6 Å². The third-order valence-corrected chi connectivity index (χ3v) is 4.80. The smallest absolute Gasteiger partial charge is 0.261 e. The van der Waals surface area contributed by atoms with Gasteiger partial charge in [-0.25, -0.2) is 4.98 Å². The zero-order chi connectivity index (χ0) is 20.1. The van der Waals surface area contributed by atoms with Crippen molar-refractivity contribution < 1.29 is 4.79 Å². The quantitative estimate of drug-likeness (QED) is 0.528. The Bertz CT molecular complexity index is 1180. The molecule has 0 saturated carbocycles. The second-order valence-corrected chi connectivity index (χ2v) is 6.76. The Kier molecular flexibility index (Phi) is 5.47. The van der Waals surface area contributed by atoms with Gasteiger partial charge in [-0.2, -0.15) is 5.10 Å². The molecule has 0 unspecified atom stereocenters. The van der Waals surface area contributed by atoms with E-state index in [4.69, 9.17) is 0 Å². The highest BCUT2D eigenvalue weighted by atomic mass is 16.1. The topological polar surface area (TPSA) is 81.8 Å². The van der Waals surface area contributed by atoms with E-state index >= 15 is 0 Å². The molecule has 146 valence electrons. The first-order valence-electron chi connectivity index (χ1n) is 9.46. The highest BCUT2D eigenvalue weighted by molar-refractivity contribution is 5.77. The zero-order valence-corrected chi connectivity index (χ0v) is 15.9. The molecule has 2 aromatic carbocycles. The van der Waals surface area contributed by atoms with Crippen LogP contribution in [0.4, 0.5) is 0 Å². The summed E-state index contributed by atoms with van der Waals surface area (Å²) >= 11 is 0. The molecule has 7 nitrogen and oxygen atoms in total. The van der Waals surface area contributed by atoms with Crippen molar-refractivity contribution in [1.29, 1.82) is 0 Å². The average Bonchev–Trinajstić information content (AvgIpc) is 3.26. The molecule has 0 saturated heterocycles. The molecule has 4 aromatic rings. The second-order valence-electron chi connectivity index (χ2n) is 6.76. The van der Waals surface area contributed by atoms with Crippen LogP contribution in [-0.4, -0.2) is 25.2 Å². The lowest BCUT2D eigenvalue weighted by Crippen LogP contribution is -2.27. The second kappa shape index (κ2) is 8.52. The predicted octanol–water partition coefficient (Wildman–Crippen LogP) is 2.35. The predicted molar refractivity (Wildman–Crippen MR) is 110 cm³/mol. The first-order chi connectivity index (χ1) is 14.2. The maximum atomic E-state index is 12.5. The minimum Gasteiger partial charge on any atom is -0.352 e. The Labute approximate surface area is 167 Å². The molecule has 2 heterocycles. The van der Waals surface area contributed by atoms with Gasteiger partial charge in [0.15, 0.2) is 0 Å². The Balaban J connectivity index is 1.37. The number of hydrogen-bond donors (Lipinski definition) is 1. The first kappa shape index (κ1) is 18.6. The Morgan fingerprint density at radius 2 is 1.79 bits per heavy atom. The van der Waals surface area contributed by atoms with Crippen LogP contribution in [0.2, 0.25) is 0 Å². The van der Waals surface area contributed by atoms with Gasteiger partial charge >= 0.3 is 0 Å². The maximum Gasteiger partial charge on any atom is 0.261 e. The molecule has 0 bridgehead atoms. The molecule has 0 radical (unpaired) electrons. The molecule has 0 atom stereocenters. The van der Waals surface area contributed by atoms with Crippen molar-refractivity contribution in [3.05, 3.63) is 94.8 Å². The van der Waals surface area contributed by atoms with Crippen molar-refractivity contribution >= 4 is 16.8 Å². The van der Waals surface area contributed by atoms with Crippen molar-refractivity contribution in [3.63, 3.8) is 0 Å². The van der Waals surface area contributed by atoms with Crippen LogP contribution in [0.15, 0.2) is 78.1 Å². The number of benzene rings is 2. The number of carbonyl (C=O) groups is 1. The number of nitrogens with one attached hydrogen (secondary N) is 1. The van der Waals surface area contributed by atoms with Gasteiger partial charge in [0, 0.05) is 31.9 Å². The molecule has 7 heteroatoms. The molecule has 1 amide bonds. The van der Waals surface area contributed by atoms with E-state index in [0.29, 0.717) is 24.0 Å². The van der Waals surface area contributed by atoms with E-state index in [0.717, 1.165) is 11.1 Å². The third-order valence-electron chi connectivity index (χ3n) is 4.80. The average molecular weight is 387 g/mol. The monoisotopic (exact) mass is 387 g/mol. The van der Waals surface area contributed by atoms with Crippen molar-refractivity contribution in [3.8, 4) is 0 Å². The fraction of sp³-hybridized carbons (Fsp3) is 0.182. The Morgan fingerprint density at radius 3 is 2.62 bits per heavy atom. The van der Waals surface area contributed by atoms with Gasteiger partial charge in [-0.05, 0) is 29.3 Å². The molecule has 0 aliphatic rings. The number of fused-ring (bicyclic) bond motifs is 1. The number of rotatable bonds is 7. The van der Waals surface area contributed by atoms with E-state index in [-0.39, 0.29) is 24.4 Å². The number of nitrogens with zero attached hydrogens (tertiary/aromatic N) is 4. The van der Waals surface area contributed by atoms with E-state index in [1.54, 1.807) is 18.3 Å².